The first-order valence-corrected chi connectivity index (χ1v) is 12.2. The van der Waals surface area contributed by atoms with Crippen LogP contribution in [0.25, 0.3) is 11.1 Å². The van der Waals surface area contributed by atoms with Gasteiger partial charge in [0.15, 0.2) is 0 Å². The third-order valence-electron chi connectivity index (χ3n) is 7.33. The van der Waals surface area contributed by atoms with Gasteiger partial charge in [0, 0.05) is 25.0 Å². The maximum Gasteiger partial charge on any atom is 0.407 e. The van der Waals surface area contributed by atoms with Gasteiger partial charge in [-0.25, -0.2) is 9.59 Å². The van der Waals surface area contributed by atoms with Gasteiger partial charge in [-0.1, -0.05) is 61.4 Å². The lowest BCUT2D eigenvalue weighted by Gasteiger charge is -2.42. The summed E-state index contributed by atoms with van der Waals surface area (Å²) in [6.07, 6.45) is 2.58. The predicted octanol–water partition coefficient (Wildman–Crippen LogP) is 3.40. The van der Waals surface area contributed by atoms with Crippen LogP contribution in [0, 0.1) is 5.92 Å². The van der Waals surface area contributed by atoms with E-state index < -0.39 is 12.1 Å². The topological polar surface area (TPSA) is 105 Å². The van der Waals surface area contributed by atoms with Crippen LogP contribution in [-0.4, -0.2) is 66.4 Å². The van der Waals surface area contributed by atoms with Crippen LogP contribution in [0.1, 0.15) is 42.7 Å². The summed E-state index contributed by atoms with van der Waals surface area (Å²) in [6.45, 7) is 0.655. The monoisotopic (exact) mass is 478 g/mol. The van der Waals surface area contributed by atoms with Crippen LogP contribution in [0.15, 0.2) is 48.5 Å². The number of carboxylic acid groups (broad SMARTS) is 1. The fourth-order valence-corrected chi connectivity index (χ4v) is 5.54. The lowest BCUT2D eigenvalue weighted by Crippen LogP contribution is -2.59. The summed E-state index contributed by atoms with van der Waals surface area (Å²) in [7, 11) is 0. The maximum absolute atomic E-state index is 13.1. The Kier molecular flexibility index (Phi) is 6.72. The zero-order chi connectivity index (χ0) is 24.4. The molecule has 0 radical (unpaired) electrons. The fourth-order valence-electron chi connectivity index (χ4n) is 5.54. The van der Waals surface area contributed by atoms with E-state index in [1.807, 2.05) is 24.3 Å². The van der Waals surface area contributed by atoms with Crippen molar-refractivity contribution in [3.63, 3.8) is 0 Å². The van der Waals surface area contributed by atoms with Crippen molar-refractivity contribution in [3.8, 4) is 11.1 Å². The van der Waals surface area contributed by atoms with Crippen molar-refractivity contribution in [2.45, 2.75) is 43.7 Å². The molecule has 0 aromatic heterocycles. The molecule has 8 nitrogen and oxygen atoms in total. The number of carbonyl (C=O) groups excluding carboxylic acids is 2. The molecule has 35 heavy (non-hydrogen) atoms. The van der Waals surface area contributed by atoms with E-state index in [-0.39, 0.29) is 43.1 Å². The van der Waals surface area contributed by atoms with Crippen molar-refractivity contribution in [2.75, 3.05) is 26.3 Å². The van der Waals surface area contributed by atoms with E-state index in [1.165, 1.54) is 11.1 Å². The van der Waals surface area contributed by atoms with Gasteiger partial charge in [-0.15, -0.1) is 0 Å². The fraction of sp³-hybridized carbons (Fsp3) is 0.444. The first kappa shape index (κ1) is 23.4. The van der Waals surface area contributed by atoms with E-state index >= 15 is 0 Å². The molecule has 0 unspecified atom stereocenters. The largest absolute Gasteiger partial charge is 0.480 e. The van der Waals surface area contributed by atoms with E-state index in [9.17, 15) is 14.4 Å². The van der Waals surface area contributed by atoms with Crippen molar-refractivity contribution in [2.24, 2.45) is 5.92 Å². The molecular formula is C27H30N2O6. The molecule has 2 aliphatic carbocycles. The average Bonchev–Trinajstić information content (AvgIpc) is 3.15. The average molecular weight is 479 g/mol. The molecule has 2 aromatic carbocycles. The minimum absolute atomic E-state index is 0.0103. The zero-order valence-corrected chi connectivity index (χ0v) is 19.5. The molecule has 2 amide bonds. The van der Waals surface area contributed by atoms with E-state index in [0.717, 1.165) is 30.4 Å². The summed E-state index contributed by atoms with van der Waals surface area (Å²) in [5.41, 5.74) is 4.67. The lowest BCUT2D eigenvalue weighted by atomic mass is 9.83. The van der Waals surface area contributed by atoms with Gasteiger partial charge in [0.1, 0.15) is 13.2 Å². The highest BCUT2D eigenvalue weighted by Crippen LogP contribution is 2.44. The molecule has 2 N–H and O–H groups in total. The number of benzene rings is 2. The van der Waals surface area contributed by atoms with Crippen LogP contribution in [-0.2, 0) is 19.1 Å². The summed E-state index contributed by atoms with van der Waals surface area (Å²) in [6, 6.07) is 16.1. The van der Waals surface area contributed by atoms with Crippen molar-refractivity contribution < 1.29 is 29.0 Å². The van der Waals surface area contributed by atoms with Crippen LogP contribution in [0.5, 0.6) is 0 Å². The molecule has 1 aliphatic heterocycles. The second-order valence-corrected chi connectivity index (χ2v) is 9.54. The SMILES string of the molecule is O=C(O)COC1CN(C(=O)[C@@H]2CCCC[C@@H]2NC(=O)OCC2c3ccccc3-c3ccccc32)C1. The molecule has 3 aliphatic rings. The Hall–Kier alpha value is -3.39. The highest BCUT2D eigenvalue weighted by Gasteiger charge is 2.40. The Morgan fingerprint density at radius 1 is 0.943 bits per heavy atom. The molecule has 0 spiro atoms. The first-order valence-electron chi connectivity index (χ1n) is 12.2. The van der Waals surface area contributed by atoms with Gasteiger partial charge >= 0.3 is 12.1 Å². The second kappa shape index (κ2) is 10.1. The number of nitrogens with zero attached hydrogens (tertiary/aromatic N) is 1. The Balaban J connectivity index is 1.17. The van der Waals surface area contributed by atoms with E-state index in [1.54, 1.807) is 4.90 Å². The summed E-state index contributed by atoms with van der Waals surface area (Å²) in [4.78, 5) is 38.2. The molecule has 0 bridgehead atoms. The number of carbonyl (C=O) groups is 3. The first-order chi connectivity index (χ1) is 17.0. The summed E-state index contributed by atoms with van der Waals surface area (Å²) in [5.74, 6) is -1.34. The van der Waals surface area contributed by atoms with Gasteiger partial charge in [0.2, 0.25) is 5.91 Å². The molecule has 1 saturated heterocycles. The van der Waals surface area contributed by atoms with Crippen LogP contribution in [0.3, 0.4) is 0 Å². The standard InChI is InChI=1S/C27H30N2O6/c30-25(31)16-34-17-13-29(14-17)26(32)22-11-5-6-12-24(22)28-27(33)35-15-23-20-9-3-1-7-18(20)19-8-2-4-10-21(19)23/h1-4,7-10,17,22-24H,5-6,11-16H2,(H,28,33)(H,30,31)/t22-,24+/m1/s1. The maximum atomic E-state index is 13.1. The Morgan fingerprint density at radius 2 is 1.57 bits per heavy atom. The van der Waals surface area contributed by atoms with Crippen LogP contribution < -0.4 is 5.32 Å². The number of hydrogen-bond donors (Lipinski definition) is 2. The van der Waals surface area contributed by atoms with Gasteiger partial charge in [0.05, 0.1) is 12.0 Å². The highest BCUT2D eigenvalue weighted by molar-refractivity contribution is 5.82. The number of amides is 2. The molecule has 5 rings (SSSR count). The summed E-state index contributed by atoms with van der Waals surface area (Å²) in [5, 5.41) is 11.7. The van der Waals surface area contributed by atoms with E-state index in [0.29, 0.717) is 19.5 Å². The third-order valence-corrected chi connectivity index (χ3v) is 7.33. The van der Waals surface area contributed by atoms with Crippen LogP contribution >= 0.6 is 0 Å². The normalized spacial score (nSPS) is 21.5. The number of alkyl carbamates (subject to hydrolysis) is 1. The number of ether oxygens (including phenoxy) is 2. The van der Waals surface area contributed by atoms with Gasteiger partial charge in [-0.05, 0) is 35.1 Å². The lowest BCUT2D eigenvalue weighted by molar-refractivity contribution is -0.157. The number of hydrogen-bond acceptors (Lipinski definition) is 5. The minimum atomic E-state index is -1.02. The third kappa shape index (κ3) is 4.89. The molecular weight excluding hydrogens is 448 g/mol. The predicted molar refractivity (Wildman–Crippen MR) is 128 cm³/mol. The van der Waals surface area contributed by atoms with Crippen molar-refractivity contribution in [1.82, 2.24) is 10.2 Å². The number of rotatable bonds is 7. The molecule has 184 valence electrons. The Bertz CT molecular complexity index is 1070. The van der Waals surface area contributed by atoms with Crippen molar-refractivity contribution in [3.05, 3.63) is 59.7 Å². The van der Waals surface area contributed by atoms with Crippen LogP contribution in [0.4, 0.5) is 4.79 Å². The molecule has 2 atom stereocenters. The highest BCUT2D eigenvalue weighted by atomic mass is 16.5. The molecule has 8 heteroatoms. The smallest absolute Gasteiger partial charge is 0.407 e. The molecule has 2 aromatic rings. The number of likely N-dealkylation sites (tertiary alicyclic amines) is 1. The quantitative estimate of drug-likeness (QED) is 0.632. The van der Waals surface area contributed by atoms with Gasteiger partial charge in [0.25, 0.3) is 0 Å². The molecule has 1 heterocycles. The zero-order valence-electron chi connectivity index (χ0n) is 19.5. The minimum Gasteiger partial charge on any atom is -0.480 e. The number of aliphatic carboxylic acids is 1. The summed E-state index contributed by atoms with van der Waals surface area (Å²) < 4.78 is 10.9. The number of nitrogens with one attached hydrogen (secondary N) is 1. The number of fused-ring (bicyclic) bond motifs is 3. The van der Waals surface area contributed by atoms with Crippen LogP contribution in [0.2, 0.25) is 0 Å². The van der Waals surface area contributed by atoms with Gasteiger partial charge in [-0.2, -0.15) is 0 Å². The molecule has 1 saturated carbocycles. The van der Waals surface area contributed by atoms with Crippen molar-refractivity contribution in [1.29, 1.82) is 0 Å². The van der Waals surface area contributed by atoms with Gasteiger partial charge < -0.3 is 24.8 Å². The molecule has 2 fully saturated rings. The summed E-state index contributed by atoms with van der Waals surface area (Å²) >= 11 is 0. The Labute approximate surface area is 204 Å². The number of carboxylic acids is 1. The van der Waals surface area contributed by atoms with E-state index in [4.69, 9.17) is 14.6 Å². The van der Waals surface area contributed by atoms with Crippen molar-refractivity contribution >= 4 is 18.0 Å². The second-order valence-electron chi connectivity index (χ2n) is 9.54. The van der Waals surface area contributed by atoms with E-state index in [2.05, 4.69) is 29.6 Å². The Morgan fingerprint density at radius 3 is 2.23 bits per heavy atom. The van der Waals surface area contributed by atoms with Gasteiger partial charge in [-0.3, -0.25) is 4.79 Å².